The van der Waals surface area contributed by atoms with Gasteiger partial charge in [-0.25, -0.2) is 13.4 Å². The molecule has 0 N–H and O–H groups in total. The molecule has 32 heavy (non-hydrogen) atoms. The van der Waals surface area contributed by atoms with Gasteiger partial charge in [-0.1, -0.05) is 23.5 Å². The van der Waals surface area contributed by atoms with Gasteiger partial charge in [0.15, 0.2) is 5.13 Å². The largest absolute Gasteiger partial charge is 0.308 e. The molecule has 1 fully saturated rings. The van der Waals surface area contributed by atoms with Crippen molar-refractivity contribution in [3.05, 3.63) is 35.7 Å². The summed E-state index contributed by atoms with van der Waals surface area (Å²) in [7, 11) is 0.210. The number of aromatic nitrogens is 1. The Kier molecular flexibility index (Phi) is 7.23. The lowest BCUT2D eigenvalue weighted by Gasteiger charge is -2.29. The molecular formula is C21H26N4O3S4. The highest BCUT2D eigenvalue weighted by molar-refractivity contribution is 7.98. The molecule has 4 rings (SSSR count). The molecule has 1 aromatic carbocycles. The van der Waals surface area contributed by atoms with E-state index < -0.39 is 16.1 Å². The number of benzene rings is 1. The fourth-order valence-corrected chi connectivity index (χ4v) is 8.19. The van der Waals surface area contributed by atoms with Crippen molar-refractivity contribution in [2.75, 3.05) is 44.9 Å². The Labute approximate surface area is 201 Å². The predicted octanol–water partition coefficient (Wildman–Crippen LogP) is 3.83. The molecule has 1 amide bonds. The Hall–Kier alpha value is -1.50. The molecule has 3 heterocycles. The van der Waals surface area contributed by atoms with E-state index in [0.29, 0.717) is 37.6 Å². The van der Waals surface area contributed by atoms with Crippen LogP contribution in [-0.4, -0.2) is 74.5 Å². The monoisotopic (exact) mass is 510 g/mol. The van der Waals surface area contributed by atoms with Crippen molar-refractivity contribution >= 4 is 65.7 Å². The van der Waals surface area contributed by atoms with Gasteiger partial charge in [0.25, 0.3) is 10.0 Å². The van der Waals surface area contributed by atoms with Gasteiger partial charge in [-0.05, 0) is 56.8 Å². The zero-order chi connectivity index (χ0) is 22.9. The molecule has 0 saturated carbocycles. The number of thioether (sulfide) groups is 1. The smallest absolute Gasteiger partial charge is 0.253 e. The lowest BCUT2D eigenvalue weighted by molar-refractivity contribution is -0.121. The van der Waals surface area contributed by atoms with Crippen molar-refractivity contribution in [1.29, 1.82) is 0 Å². The van der Waals surface area contributed by atoms with Crippen molar-refractivity contribution < 1.29 is 13.2 Å². The summed E-state index contributed by atoms with van der Waals surface area (Å²) in [4.78, 5) is 23.3. The number of thiophene rings is 1. The topological polar surface area (TPSA) is 73.8 Å². The molecule has 1 unspecified atom stereocenters. The van der Waals surface area contributed by atoms with Crippen LogP contribution in [0.4, 0.5) is 5.13 Å². The molecule has 3 aromatic rings. The van der Waals surface area contributed by atoms with Crippen molar-refractivity contribution in [3.8, 4) is 0 Å². The Morgan fingerprint density at radius 2 is 2.06 bits per heavy atom. The second kappa shape index (κ2) is 9.78. The number of carbonyl (C=O) groups is 1. The average Bonchev–Trinajstić information content (AvgIpc) is 3.53. The van der Waals surface area contributed by atoms with E-state index in [1.54, 1.807) is 34.2 Å². The molecule has 11 heteroatoms. The maximum Gasteiger partial charge on any atom is 0.253 e. The number of thiazole rings is 1. The van der Waals surface area contributed by atoms with E-state index in [0.717, 1.165) is 15.1 Å². The Morgan fingerprint density at radius 3 is 2.75 bits per heavy atom. The van der Waals surface area contributed by atoms with Gasteiger partial charge in [-0.3, -0.25) is 9.69 Å². The average molecular weight is 511 g/mol. The van der Waals surface area contributed by atoms with Crippen molar-refractivity contribution in [2.24, 2.45) is 0 Å². The SMILES string of the molecule is CSc1cccc2sc(N(CCN(C)C)C(=O)C3CCCN3S(=O)(=O)c3cccs3)nc12. The molecule has 0 aliphatic carbocycles. The summed E-state index contributed by atoms with van der Waals surface area (Å²) in [5.41, 5.74) is 0.886. The molecule has 172 valence electrons. The highest BCUT2D eigenvalue weighted by Crippen LogP contribution is 2.36. The maximum atomic E-state index is 13.8. The second-order valence-electron chi connectivity index (χ2n) is 7.80. The summed E-state index contributed by atoms with van der Waals surface area (Å²) in [6.45, 7) is 1.46. The van der Waals surface area contributed by atoms with Crippen LogP contribution in [0.15, 0.2) is 44.8 Å². The summed E-state index contributed by atoms with van der Waals surface area (Å²) in [6.07, 6.45) is 3.19. The molecule has 1 aliphatic rings. The van der Waals surface area contributed by atoms with Crippen molar-refractivity contribution in [1.82, 2.24) is 14.2 Å². The first kappa shape index (κ1) is 23.7. The third-order valence-corrected chi connectivity index (χ3v) is 10.5. The lowest BCUT2D eigenvalue weighted by Crippen LogP contribution is -2.49. The van der Waals surface area contributed by atoms with E-state index in [-0.39, 0.29) is 10.1 Å². The number of hydrogen-bond acceptors (Lipinski definition) is 8. The van der Waals surface area contributed by atoms with Crippen LogP contribution in [0.25, 0.3) is 10.2 Å². The minimum absolute atomic E-state index is 0.200. The number of likely N-dealkylation sites (N-methyl/N-ethyl adjacent to an activating group) is 1. The van der Waals surface area contributed by atoms with Gasteiger partial charge in [-0.15, -0.1) is 23.1 Å². The van der Waals surface area contributed by atoms with Crippen LogP contribution in [0.3, 0.4) is 0 Å². The van der Waals surface area contributed by atoms with Crippen molar-refractivity contribution in [2.45, 2.75) is 28.0 Å². The second-order valence-corrected chi connectivity index (χ2v) is 12.7. The Bertz CT molecular complexity index is 1190. The van der Waals surface area contributed by atoms with Crippen LogP contribution < -0.4 is 4.90 Å². The number of carbonyl (C=O) groups excluding carboxylic acids is 1. The standard InChI is InChI=1S/C21H26N4O3S4/c1-23(2)12-13-24(21-22-19-16(29-3)8-4-9-17(19)31-21)20(26)15-7-5-11-25(15)32(27,28)18-10-6-14-30-18/h4,6,8-10,14-15H,5,7,11-13H2,1-3H3. The van der Waals surface area contributed by atoms with E-state index in [9.17, 15) is 13.2 Å². The van der Waals surface area contributed by atoms with Gasteiger partial charge < -0.3 is 4.90 Å². The van der Waals surface area contributed by atoms with E-state index in [1.165, 1.54) is 27.0 Å². The van der Waals surface area contributed by atoms with E-state index >= 15 is 0 Å². The highest BCUT2D eigenvalue weighted by atomic mass is 32.2. The maximum absolute atomic E-state index is 13.8. The minimum Gasteiger partial charge on any atom is -0.308 e. The van der Waals surface area contributed by atoms with Crippen LogP contribution in [-0.2, 0) is 14.8 Å². The Morgan fingerprint density at radius 1 is 1.25 bits per heavy atom. The molecule has 0 spiro atoms. The predicted molar refractivity (Wildman–Crippen MR) is 134 cm³/mol. The number of hydrogen-bond donors (Lipinski definition) is 0. The number of nitrogens with zero attached hydrogens (tertiary/aromatic N) is 4. The summed E-state index contributed by atoms with van der Waals surface area (Å²) >= 11 is 4.28. The van der Waals surface area contributed by atoms with Crippen LogP contribution in [0.1, 0.15) is 12.8 Å². The number of anilines is 1. The third kappa shape index (κ3) is 4.59. The number of sulfonamides is 1. The van der Waals surface area contributed by atoms with Crippen LogP contribution in [0.2, 0.25) is 0 Å². The zero-order valence-electron chi connectivity index (χ0n) is 18.2. The molecule has 1 atom stereocenters. The molecular weight excluding hydrogens is 485 g/mol. The highest BCUT2D eigenvalue weighted by Gasteiger charge is 2.42. The number of amides is 1. The Balaban J connectivity index is 1.69. The molecule has 0 radical (unpaired) electrons. The van der Waals surface area contributed by atoms with Crippen LogP contribution >= 0.6 is 34.4 Å². The fraction of sp³-hybridized carbons (Fsp3) is 0.429. The van der Waals surface area contributed by atoms with E-state index in [4.69, 9.17) is 4.98 Å². The van der Waals surface area contributed by atoms with Gasteiger partial charge in [0.2, 0.25) is 5.91 Å². The third-order valence-electron chi connectivity index (χ3n) is 5.41. The summed E-state index contributed by atoms with van der Waals surface area (Å²) in [5.74, 6) is -0.200. The zero-order valence-corrected chi connectivity index (χ0v) is 21.5. The van der Waals surface area contributed by atoms with Gasteiger partial charge >= 0.3 is 0 Å². The summed E-state index contributed by atoms with van der Waals surface area (Å²) < 4.78 is 29.1. The first-order chi connectivity index (χ1) is 15.3. The minimum atomic E-state index is -3.70. The van der Waals surface area contributed by atoms with E-state index in [1.807, 2.05) is 43.5 Å². The van der Waals surface area contributed by atoms with Gasteiger partial charge in [0.1, 0.15) is 10.3 Å². The number of para-hydroxylation sites is 1. The number of rotatable bonds is 8. The van der Waals surface area contributed by atoms with Gasteiger partial charge in [-0.2, -0.15) is 4.31 Å². The first-order valence-electron chi connectivity index (χ1n) is 10.3. The summed E-state index contributed by atoms with van der Waals surface area (Å²) in [6, 6.07) is 8.63. The normalized spacial score (nSPS) is 17.4. The molecule has 1 saturated heterocycles. The molecule has 7 nitrogen and oxygen atoms in total. The lowest BCUT2D eigenvalue weighted by atomic mass is 10.2. The van der Waals surface area contributed by atoms with Gasteiger partial charge in [0.05, 0.1) is 10.2 Å². The first-order valence-corrected chi connectivity index (χ1v) is 14.6. The summed E-state index contributed by atoms with van der Waals surface area (Å²) in [5, 5.41) is 2.36. The number of fused-ring (bicyclic) bond motifs is 1. The fourth-order valence-electron chi connectivity index (χ4n) is 3.77. The van der Waals surface area contributed by atoms with Gasteiger partial charge in [0, 0.05) is 24.5 Å². The quantitative estimate of drug-likeness (QED) is 0.429. The van der Waals surface area contributed by atoms with Crippen LogP contribution in [0, 0.1) is 0 Å². The van der Waals surface area contributed by atoms with Crippen LogP contribution in [0.5, 0.6) is 0 Å². The molecule has 1 aliphatic heterocycles. The molecule has 0 bridgehead atoms. The van der Waals surface area contributed by atoms with Crippen molar-refractivity contribution in [3.63, 3.8) is 0 Å². The molecule has 2 aromatic heterocycles. The van der Waals surface area contributed by atoms with E-state index in [2.05, 4.69) is 0 Å².